The van der Waals surface area contributed by atoms with Gasteiger partial charge in [-0.15, -0.1) is 0 Å². The summed E-state index contributed by atoms with van der Waals surface area (Å²) in [5.74, 6) is -1.98. The molecule has 0 aliphatic carbocycles. The maximum Gasteiger partial charge on any atom is 0.259 e. The molecule has 1 amide bonds. The molecule has 0 saturated carbocycles. The molecule has 5 nitrogen and oxygen atoms in total. The molecule has 1 atom stereocenters. The van der Waals surface area contributed by atoms with Gasteiger partial charge in [-0.2, -0.15) is 0 Å². The van der Waals surface area contributed by atoms with Crippen LogP contribution in [0.4, 0.5) is 13.2 Å². The van der Waals surface area contributed by atoms with Crippen LogP contribution in [0.15, 0.2) is 59.6 Å². The van der Waals surface area contributed by atoms with Gasteiger partial charge in [0.25, 0.3) is 5.91 Å². The maximum atomic E-state index is 14.8. The van der Waals surface area contributed by atoms with Crippen LogP contribution >= 0.6 is 0 Å². The van der Waals surface area contributed by atoms with E-state index in [0.29, 0.717) is 37.0 Å². The Bertz CT molecular complexity index is 1430. The van der Waals surface area contributed by atoms with Crippen LogP contribution in [-0.2, 0) is 19.5 Å². The molecule has 3 aliphatic rings. The van der Waals surface area contributed by atoms with Crippen molar-refractivity contribution >= 4 is 11.7 Å². The van der Waals surface area contributed by atoms with Crippen molar-refractivity contribution in [2.24, 2.45) is 4.99 Å². The lowest BCUT2D eigenvalue weighted by Gasteiger charge is -2.28. The molecule has 0 bridgehead atoms. The van der Waals surface area contributed by atoms with Crippen molar-refractivity contribution in [1.82, 2.24) is 15.1 Å². The summed E-state index contributed by atoms with van der Waals surface area (Å²) in [6, 6.07) is 14.4. The van der Waals surface area contributed by atoms with Gasteiger partial charge >= 0.3 is 0 Å². The highest BCUT2D eigenvalue weighted by molar-refractivity contribution is 6.14. The Hall–Kier alpha value is -3.49. The monoisotopic (exact) mass is 546 g/mol. The lowest BCUT2D eigenvalue weighted by Crippen LogP contribution is -2.39. The van der Waals surface area contributed by atoms with E-state index in [2.05, 4.69) is 20.1 Å². The molecular formula is C32H33F3N4O. The number of aliphatic imine (C=N–C) groups is 1. The Balaban J connectivity index is 1.14. The molecule has 2 saturated heterocycles. The van der Waals surface area contributed by atoms with E-state index >= 15 is 0 Å². The molecule has 3 heterocycles. The number of carbonyl (C=O) groups is 1. The normalized spacial score (nSPS) is 19.2. The van der Waals surface area contributed by atoms with Crippen molar-refractivity contribution in [1.29, 1.82) is 0 Å². The largest absolute Gasteiger partial charge is 0.306 e. The number of hydrogen-bond acceptors (Lipinski definition) is 4. The topological polar surface area (TPSA) is 47.9 Å². The Morgan fingerprint density at radius 2 is 1.65 bits per heavy atom. The number of rotatable bonds is 7. The second kappa shape index (κ2) is 11.6. The lowest BCUT2D eigenvalue weighted by molar-refractivity contribution is 0.0973. The first-order valence-corrected chi connectivity index (χ1v) is 14.1. The molecule has 1 N–H and O–H groups in total. The predicted molar refractivity (Wildman–Crippen MR) is 149 cm³/mol. The summed E-state index contributed by atoms with van der Waals surface area (Å²) >= 11 is 0. The van der Waals surface area contributed by atoms with Gasteiger partial charge in [0.2, 0.25) is 0 Å². The van der Waals surface area contributed by atoms with E-state index in [1.165, 1.54) is 50.6 Å². The first-order chi connectivity index (χ1) is 19.4. The van der Waals surface area contributed by atoms with Gasteiger partial charge in [-0.1, -0.05) is 18.2 Å². The van der Waals surface area contributed by atoms with Gasteiger partial charge in [0.15, 0.2) is 0 Å². The van der Waals surface area contributed by atoms with Crippen LogP contribution in [0.1, 0.15) is 63.9 Å². The van der Waals surface area contributed by atoms with E-state index < -0.39 is 23.4 Å². The van der Waals surface area contributed by atoms with Gasteiger partial charge in [0, 0.05) is 30.8 Å². The highest BCUT2D eigenvalue weighted by Gasteiger charge is 2.28. The molecule has 3 aliphatic heterocycles. The van der Waals surface area contributed by atoms with Crippen LogP contribution < -0.4 is 5.32 Å². The predicted octanol–water partition coefficient (Wildman–Crippen LogP) is 5.45. The molecule has 0 unspecified atom stereocenters. The number of amides is 1. The lowest BCUT2D eigenvalue weighted by atomic mass is 9.99. The fourth-order valence-corrected chi connectivity index (χ4v) is 6.22. The Morgan fingerprint density at radius 1 is 0.875 bits per heavy atom. The van der Waals surface area contributed by atoms with E-state index in [4.69, 9.17) is 0 Å². The van der Waals surface area contributed by atoms with E-state index in [1.807, 2.05) is 18.2 Å². The SMILES string of the molecule is O=C(NC1=NCc2ccc(Cc3cc(F)cc(F)c3)cc21)c1cc(CN2CCC[C@H]2CN2CCCC2)ccc1F. The second-order valence-corrected chi connectivity index (χ2v) is 11.2. The average molecular weight is 547 g/mol. The van der Waals surface area contributed by atoms with Gasteiger partial charge in [0.05, 0.1) is 12.1 Å². The molecule has 0 radical (unpaired) electrons. The third-order valence-corrected chi connectivity index (χ3v) is 8.23. The van der Waals surface area contributed by atoms with Crippen LogP contribution in [0.3, 0.4) is 0 Å². The third-order valence-electron chi connectivity index (χ3n) is 8.23. The molecule has 40 heavy (non-hydrogen) atoms. The number of fused-ring (bicyclic) bond motifs is 1. The fourth-order valence-electron chi connectivity index (χ4n) is 6.22. The summed E-state index contributed by atoms with van der Waals surface area (Å²) in [7, 11) is 0. The van der Waals surface area contributed by atoms with Crippen molar-refractivity contribution in [3.05, 3.63) is 105 Å². The minimum absolute atomic E-state index is 0.00432. The Kier molecular flexibility index (Phi) is 7.71. The molecule has 3 aromatic carbocycles. The third kappa shape index (κ3) is 5.98. The summed E-state index contributed by atoms with van der Waals surface area (Å²) in [5, 5.41) is 2.81. The Labute approximate surface area is 232 Å². The summed E-state index contributed by atoms with van der Waals surface area (Å²) in [5.41, 5.74) is 3.92. The van der Waals surface area contributed by atoms with Gasteiger partial charge in [-0.25, -0.2) is 13.2 Å². The van der Waals surface area contributed by atoms with Crippen molar-refractivity contribution in [2.75, 3.05) is 26.2 Å². The smallest absolute Gasteiger partial charge is 0.259 e. The van der Waals surface area contributed by atoms with E-state index in [9.17, 15) is 18.0 Å². The molecule has 0 aromatic heterocycles. The summed E-state index contributed by atoms with van der Waals surface area (Å²) in [6.45, 7) is 5.51. The molecule has 6 rings (SSSR count). The van der Waals surface area contributed by atoms with Crippen molar-refractivity contribution in [3.63, 3.8) is 0 Å². The number of nitrogens with zero attached hydrogens (tertiary/aromatic N) is 3. The molecular weight excluding hydrogens is 513 g/mol. The zero-order chi connectivity index (χ0) is 27.6. The van der Waals surface area contributed by atoms with Gasteiger partial charge in [-0.3, -0.25) is 14.7 Å². The van der Waals surface area contributed by atoms with Crippen molar-refractivity contribution < 1.29 is 18.0 Å². The number of benzene rings is 3. The highest BCUT2D eigenvalue weighted by Crippen LogP contribution is 2.25. The number of nitrogens with one attached hydrogen (secondary N) is 1. The zero-order valence-electron chi connectivity index (χ0n) is 22.4. The van der Waals surface area contributed by atoms with Gasteiger partial charge in [0.1, 0.15) is 23.3 Å². The van der Waals surface area contributed by atoms with Crippen LogP contribution in [0.2, 0.25) is 0 Å². The molecule has 208 valence electrons. The number of halogens is 3. The number of carbonyl (C=O) groups excluding carboxylic acids is 1. The standard InChI is InChI=1S/C32H33F3N4O/c33-25-13-23(14-26(34)17-25)12-21-5-7-24-18-36-31(28(24)15-21)37-32(40)29-16-22(6-8-30(29)35)19-39-11-3-4-27(39)20-38-9-1-2-10-38/h5-8,13-17,27H,1-4,9-12,18-20H2,(H,36,37,40)/t27-/m0/s1. The quantitative estimate of drug-likeness (QED) is 0.429. The Morgan fingerprint density at radius 3 is 2.45 bits per heavy atom. The maximum absolute atomic E-state index is 14.8. The second-order valence-electron chi connectivity index (χ2n) is 11.2. The van der Waals surface area contributed by atoms with E-state index in [0.717, 1.165) is 47.8 Å². The van der Waals surface area contributed by atoms with Gasteiger partial charge in [-0.05, 0) is 104 Å². The first-order valence-electron chi connectivity index (χ1n) is 14.1. The fraction of sp³-hybridized carbons (Fsp3) is 0.375. The number of hydrogen-bond donors (Lipinski definition) is 1. The summed E-state index contributed by atoms with van der Waals surface area (Å²) in [6.07, 6.45) is 5.19. The van der Waals surface area contributed by atoms with E-state index in [-0.39, 0.29) is 5.56 Å². The first kappa shape index (κ1) is 26.7. The van der Waals surface area contributed by atoms with Gasteiger partial charge < -0.3 is 10.2 Å². The minimum atomic E-state index is -0.623. The number of likely N-dealkylation sites (tertiary alicyclic amines) is 2. The minimum Gasteiger partial charge on any atom is -0.306 e. The molecule has 3 aromatic rings. The van der Waals surface area contributed by atoms with Crippen LogP contribution in [0.25, 0.3) is 0 Å². The van der Waals surface area contributed by atoms with Crippen LogP contribution in [0.5, 0.6) is 0 Å². The summed E-state index contributed by atoms with van der Waals surface area (Å²) in [4.78, 5) is 22.7. The number of amidine groups is 1. The van der Waals surface area contributed by atoms with Crippen molar-refractivity contribution in [2.45, 2.75) is 51.2 Å². The zero-order valence-corrected chi connectivity index (χ0v) is 22.4. The summed E-state index contributed by atoms with van der Waals surface area (Å²) < 4.78 is 42.1. The molecule has 2 fully saturated rings. The average Bonchev–Trinajstić information content (AvgIpc) is 3.68. The highest BCUT2D eigenvalue weighted by atomic mass is 19.1. The van der Waals surface area contributed by atoms with Crippen LogP contribution in [-0.4, -0.2) is 53.8 Å². The van der Waals surface area contributed by atoms with Crippen LogP contribution in [0, 0.1) is 17.5 Å². The molecule has 8 heteroatoms. The van der Waals surface area contributed by atoms with E-state index in [1.54, 1.807) is 12.1 Å². The molecule has 0 spiro atoms. The van der Waals surface area contributed by atoms with Crippen molar-refractivity contribution in [3.8, 4) is 0 Å².